The molecule has 3 rings (SSSR count). The van der Waals surface area contributed by atoms with Gasteiger partial charge in [-0.05, 0) is 50.1 Å². The molecule has 0 saturated heterocycles. The van der Waals surface area contributed by atoms with E-state index in [1.165, 1.54) is 13.3 Å². The van der Waals surface area contributed by atoms with Gasteiger partial charge in [-0.25, -0.2) is 0 Å². The maximum Gasteiger partial charge on any atom is 0.417 e. The highest BCUT2D eigenvalue weighted by Crippen LogP contribution is 2.31. The molecule has 0 atom stereocenters. The van der Waals surface area contributed by atoms with Gasteiger partial charge in [0.05, 0.1) is 22.0 Å². The first kappa shape index (κ1) is 25.1. The van der Waals surface area contributed by atoms with Gasteiger partial charge < -0.3 is 9.68 Å². The molecule has 0 radical (unpaired) electrons. The van der Waals surface area contributed by atoms with Crippen LogP contribution in [0, 0.1) is 0 Å². The van der Waals surface area contributed by atoms with Crippen LogP contribution in [0.1, 0.15) is 41.7 Å². The van der Waals surface area contributed by atoms with E-state index in [0.717, 1.165) is 11.8 Å². The molecule has 0 aliphatic carbocycles. The van der Waals surface area contributed by atoms with Crippen molar-refractivity contribution in [3.8, 4) is 0 Å². The molecule has 0 fully saturated rings. The summed E-state index contributed by atoms with van der Waals surface area (Å²) < 4.78 is 38.9. The van der Waals surface area contributed by atoms with E-state index in [4.69, 9.17) is 21.3 Å². The minimum atomic E-state index is -4.56. The molecule has 34 heavy (non-hydrogen) atoms. The number of halogens is 4. The second-order valence-corrected chi connectivity index (χ2v) is 7.42. The number of aryl methyl sites for hydroxylation is 1. The minimum Gasteiger partial charge on any atom is -0.399 e. The first-order chi connectivity index (χ1) is 16.3. The third-order valence-corrected chi connectivity index (χ3v) is 4.82. The molecular weight excluding hydrogens is 471 g/mol. The Hall–Kier alpha value is -3.53. The predicted molar refractivity (Wildman–Crippen MR) is 122 cm³/mol. The Kier molecular flexibility index (Phi) is 8.53. The van der Waals surface area contributed by atoms with Crippen LogP contribution >= 0.6 is 11.6 Å². The van der Waals surface area contributed by atoms with Gasteiger partial charge in [-0.2, -0.15) is 13.2 Å². The summed E-state index contributed by atoms with van der Waals surface area (Å²) in [6.07, 6.45) is -1.14. The molecule has 0 aliphatic rings. The summed E-state index contributed by atoms with van der Waals surface area (Å²) in [5, 5.41) is 7.75. The highest BCUT2D eigenvalue weighted by Gasteiger charge is 2.32. The molecule has 3 aromatic heterocycles. The number of nitrogens with zero attached hydrogens (tertiary/aromatic N) is 5. The lowest BCUT2D eigenvalue weighted by atomic mass is 10.1. The molecule has 0 unspecified atom stereocenters. The van der Waals surface area contributed by atoms with Crippen LogP contribution in [0.3, 0.4) is 0 Å². The summed E-state index contributed by atoms with van der Waals surface area (Å²) in [6.45, 7) is 2.03. The van der Waals surface area contributed by atoms with Crippen molar-refractivity contribution >= 4 is 23.0 Å². The van der Waals surface area contributed by atoms with E-state index in [-0.39, 0.29) is 23.0 Å². The Morgan fingerprint density at radius 3 is 2.53 bits per heavy atom. The smallest absolute Gasteiger partial charge is 0.399 e. The van der Waals surface area contributed by atoms with E-state index >= 15 is 0 Å². The highest BCUT2D eigenvalue weighted by molar-refractivity contribution is 6.35. The molecule has 11 heteroatoms. The van der Waals surface area contributed by atoms with Crippen LogP contribution in [0.5, 0.6) is 0 Å². The fourth-order valence-corrected chi connectivity index (χ4v) is 3.17. The quantitative estimate of drug-likeness (QED) is 0.230. The van der Waals surface area contributed by atoms with Gasteiger partial charge in [0.2, 0.25) is 0 Å². The van der Waals surface area contributed by atoms with Gasteiger partial charge in [0.1, 0.15) is 25.1 Å². The van der Waals surface area contributed by atoms with Crippen molar-refractivity contribution in [2.24, 2.45) is 10.3 Å². The second kappa shape index (κ2) is 11.6. The van der Waals surface area contributed by atoms with Crippen LogP contribution in [-0.2, 0) is 22.3 Å². The Morgan fingerprint density at radius 2 is 1.85 bits per heavy atom. The Balaban J connectivity index is 1.72. The van der Waals surface area contributed by atoms with Crippen LogP contribution < -0.4 is 0 Å². The monoisotopic (exact) mass is 491 g/mol. The second-order valence-electron chi connectivity index (χ2n) is 7.02. The first-order valence-corrected chi connectivity index (χ1v) is 10.6. The predicted octanol–water partition coefficient (Wildman–Crippen LogP) is 5.32. The fourth-order valence-electron chi connectivity index (χ4n) is 2.91. The number of rotatable bonds is 9. The maximum absolute atomic E-state index is 13.0. The topological polar surface area (TPSA) is 81.9 Å². The van der Waals surface area contributed by atoms with Gasteiger partial charge in [0, 0.05) is 18.1 Å². The normalized spacial score (nSPS) is 12.5. The zero-order chi connectivity index (χ0) is 24.6. The standard InChI is InChI=1S/C23H21ClF3N5O2/c1-15(31-33-2)19-10-5-7-17(30-19)8-6-12-34-32-22(20-9-3-4-11-28-20)21-18(24)13-16(14-29-21)23(25,26)27/h3-5,7,9-11,13-14H,6,8,12H2,1-2H3. The Labute approximate surface area is 199 Å². The van der Waals surface area contributed by atoms with E-state index in [1.807, 2.05) is 18.2 Å². The molecule has 3 heterocycles. The average Bonchev–Trinajstić information content (AvgIpc) is 2.82. The molecule has 178 valence electrons. The fraction of sp³-hybridized carbons (Fsp3) is 0.261. The number of hydrogen-bond acceptors (Lipinski definition) is 7. The first-order valence-electron chi connectivity index (χ1n) is 10.2. The summed E-state index contributed by atoms with van der Waals surface area (Å²) in [7, 11) is 1.47. The van der Waals surface area contributed by atoms with Crippen molar-refractivity contribution in [1.82, 2.24) is 15.0 Å². The van der Waals surface area contributed by atoms with Crippen LogP contribution in [0.4, 0.5) is 13.2 Å². The molecule has 0 N–H and O–H groups in total. The SMILES string of the molecule is CON=C(C)c1cccc(CCCON=C(c2ccccn2)c2ncc(C(F)(F)F)cc2Cl)n1. The third kappa shape index (κ3) is 6.74. The van der Waals surface area contributed by atoms with Gasteiger partial charge in [-0.1, -0.05) is 34.0 Å². The molecule has 0 saturated carbocycles. The molecule has 0 aliphatic heterocycles. The Morgan fingerprint density at radius 1 is 1.06 bits per heavy atom. The van der Waals surface area contributed by atoms with Crippen LogP contribution in [0.2, 0.25) is 5.02 Å². The van der Waals surface area contributed by atoms with Crippen molar-refractivity contribution in [1.29, 1.82) is 0 Å². The molecule has 0 aromatic carbocycles. The van der Waals surface area contributed by atoms with Crippen molar-refractivity contribution in [3.63, 3.8) is 0 Å². The van der Waals surface area contributed by atoms with Crippen molar-refractivity contribution in [2.75, 3.05) is 13.7 Å². The summed E-state index contributed by atoms with van der Waals surface area (Å²) in [4.78, 5) is 22.8. The number of pyridine rings is 3. The zero-order valence-electron chi connectivity index (χ0n) is 18.4. The number of oxime groups is 2. The number of alkyl halides is 3. The van der Waals surface area contributed by atoms with E-state index in [9.17, 15) is 13.2 Å². The molecule has 0 amide bonds. The van der Waals surface area contributed by atoms with Crippen LogP contribution in [0.25, 0.3) is 0 Å². The summed E-state index contributed by atoms with van der Waals surface area (Å²) in [6, 6.07) is 11.4. The molecule has 0 spiro atoms. The maximum atomic E-state index is 13.0. The van der Waals surface area contributed by atoms with E-state index in [1.54, 1.807) is 25.1 Å². The molecule has 0 bridgehead atoms. The van der Waals surface area contributed by atoms with Crippen molar-refractivity contribution in [3.05, 3.63) is 88.2 Å². The number of aromatic nitrogens is 3. The Bertz CT molecular complexity index is 1170. The van der Waals surface area contributed by atoms with Crippen molar-refractivity contribution in [2.45, 2.75) is 25.9 Å². The van der Waals surface area contributed by atoms with Crippen LogP contribution in [0.15, 0.2) is 65.2 Å². The lowest BCUT2D eigenvalue weighted by molar-refractivity contribution is -0.137. The largest absolute Gasteiger partial charge is 0.417 e. The van der Waals surface area contributed by atoms with Gasteiger partial charge in [0.15, 0.2) is 5.71 Å². The minimum absolute atomic E-state index is 0.0376. The van der Waals surface area contributed by atoms with Crippen LogP contribution in [-0.4, -0.2) is 40.1 Å². The van der Waals surface area contributed by atoms with Gasteiger partial charge in [-0.15, -0.1) is 0 Å². The van der Waals surface area contributed by atoms with Crippen molar-refractivity contribution < 1.29 is 22.8 Å². The van der Waals surface area contributed by atoms with Gasteiger partial charge in [-0.3, -0.25) is 15.0 Å². The van der Waals surface area contributed by atoms with E-state index < -0.39 is 11.7 Å². The number of hydrogen-bond donors (Lipinski definition) is 0. The average molecular weight is 492 g/mol. The summed E-state index contributed by atoms with van der Waals surface area (Å²) >= 11 is 6.11. The zero-order valence-corrected chi connectivity index (χ0v) is 19.1. The van der Waals surface area contributed by atoms with E-state index in [0.29, 0.717) is 36.1 Å². The highest BCUT2D eigenvalue weighted by atomic mass is 35.5. The third-order valence-electron chi connectivity index (χ3n) is 4.53. The summed E-state index contributed by atoms with van der Waals surface area (Å²) in [5.41, 5.74) is 1.78. The summed E-state index contributed by atoms with van der Waals surface area (Å²) in [5.74, 6) is 0. The molecule has 7 nitrogen and oxygen atoms in total. The molecular formula is C23H21ClF3N5O2. The lowest BCUT2D eigenvalue weighted by Crippen LogP contribution is -2.12. The molecule has 3 aromatic rings. The van der Waals surface area contributed by atoms with Gasteiger partial charge >= 0.3 is 6.18 Å². The van der Waals surface area contributed by atoms with Gasteiger partial charge in [0.25, 0.3) is 0 Å². The lowest BCUT2D eigenvalue weighted by Gasteiger charge is -2.11. The van der Waals surface area contributed by atoms with E-state index in [2.05, 4.69) is 25.3 Å².